The summed E-state index contributed by atoms with van der Waals surface area (Å²) in [5.41, 5.74) is 5.11. The fraction of sp³-hybridized carbons (Fsp3) is 0.143. The summed E-state index contributed by atoms with van der Waals surface area (Å²) in [6.07, 6.45) is 0. The van der Waals surface area contributed by atoms with Gasteiger partial charge in [-0.3, -0.25) is 0 Å². The van der Waals surface area contributed by atoms with Gasteiger partial charge in [0.05, 0.1) is 0 Å². The van der Waals surface area contributed by atoms with Crippen LogP contribution in [0.1, 0.15) is 11.1 Å². The number of hydrogen-bond acceptors (Lipinski definition) is 0. The van der Waals surface area contributed by atoms with Crippen LogP contribution in [0.15, 0.2) is 36.4 Å². The Morgan fingerprint density at radius 2 is 1.21 bits per heavy atom. The zero-order chi connectivity index (χ0) is 9.97. The Hall–Kier alpha value is -1.56. The van der Waals surface area contributed by atoms with E-state index in [9.17, 15) is 0 Å². The molecule has 0 heteroatoms. The van der Waals surface area contributed by atoms with Crippen LogP contribution in [0.25, 0.3) is 11.1 Å². The highest BCUT2D eigenvalue weighted by Gasteiger charge is 2.02. The molecule has 0 nitrogen and oxygen atoms in total. The Kier molecular flexibility index (Phi) is 2.36. The molecule has 0 fully saturated rings. The van der Waals surface area contributed by atoms with E-state index in [0.717, 1.165) is 0 Å². The molecule has 0 spiro atoms. The largest absolute Gasteiger partial charge is 0.0537 e. The van der Waals surface area contributed by atoms with Crippen molar-refractivity contribution in [1.82, 2.24) is 0 Å². The van der Waals surface area contributed by atoms with Crippen molar-refractivity contribution >= 4 is 0 Å². The van der Waals surface area contributed by atoms with Crippen LogP contribution in [0, 0.1) is 26.0 Å². The van der Waals surface area contributed by atoms with E-state index in [1.807, 2.05) is 24.3 Å². The minimum absolute atomic E-state index is 1.27. The molecule has 0 atom stereocenters. The van der Waals surface area contributed by atoms with Crippen molar-refractivity contribution in [1.29, 1.82) is 0 Å². The lowest BCUT2D eigenvalue weighted by Crippen LogP contribution is -1.85. The second-order valence-electron chi connectivity index (χ2n) is 3.48. The van der Waals surface area contributed by atoms with Gasteiger partial charge in [-0.1, -0.05) is 36.4 Å². The van der Waals surface area contributed by atoms with Crippen molar-refractivity contribution in [3.05, 3.63) is 59.7 Å². The predicted octanol–water partition coefficient (Wildman–Crippen LogP) is 3.57. The lowest BCUT2D eigenvalue weighted by atomic mass is 9.97. The van der Waals surface area contributed by atoms with Crippen molar-refractivity contribution in [2.75, 3.05) is 0 Å². The van der Waals surface area contributed by atoms with Gasteiger partial charge in [0.2, 0.25) is 0 Å². The zero-order valence-electron chi connectivity index (χ0n) is 8.46. The highest BCUT2D eigenvalue weighted by molar-refractivity contribution is 5.69. The summed E-state index contributed by atoms with van der Waals surface area (Å²) in [5, 5.41) is 0. The Labute approximate surface area is 85.2 Å². The molecule has 0 aliphatic heterocycles. The molecule has 0 N–H and O–H groups in total. The summed E-state index contributed by atoms with van der Waals surface area (Å²) in [5.74, 6) is 0. The first-order valence-corrected chi connectivity index (χ1v) is 4.73. The molecular weight excluding hydrogens is 168 g/mol. The van der Waals surface area contributed by atoms with Crippen LogP contribution in [0.5, 0.6) is 0 Å². The molecule has 14 heavy (non-hydrogen) atoms. The molecule has 0 aromatic heterocycles. The van der Waals surface area contributed by atoms with Crippen molar-refractivity contribution in [2.24, 2.45) is 0 Å². The Morgan fingerprint density at radius 3 is 1.57 bits per heavy atom. The van der Waals surface area contributed by atoms with Crippen LogP contribution in [0.2, 0.25) is 0 Å². The van der Waals surface area contributed by atoms with Crippen LogP contribution in [0.4, 0.5) is 0 Å². The third kappa shape index (κ3) is 1.56. The van der Waals surface area contributed by atoms with Gasteiger partial charge in [-0.15, -0.1) is 0 Å². The monoisotopic (exact) mass is 180 g/mol. The topological polar surface area (TPSA) is 0 Å². The third-order valence-electron chi connectivity index (χ3n) is 2.43. The van der Waals surface area contributed by atoms with Crippen LogP contribution in [-0.4, -0.2) is 0 Å². The van der Waals surface area contributed by atoms with Gasteiger partial charge in [-0.2, -0.15) is 0 Å². The van der Waals surface area contributed by atoms with Gasteiger partial charge in [0.25, 0.3) is 0 Å². The standard InChI is InChI=1S/C14H12/c1-11-7-3-5-9-13(11)14-10-6-4-8-12(14)2/h5-10H,1-2H3. The highest BCUT2D eigenvalue weighted by atomic mass is 14.1. The molecule has 2 aromatic rings. The van der Waals surface area contributed by atoms with E-state index < -0.39 is 0 Å². The van der Waals surface area contributed by atoms with E-state index in [1.54, 1.807) is 0 Å². The average molecular weight is 180 g/mol. The maximum absolute atomic E-state index is 3.08. The quantitative estimate of drug-likeness (QED) is 0.629. The van der Waals surface area contributed by atoms with Gasteiger partial charge >= 0.3 is 0 Å². The fourth-order valence-corrected chi connectivity index (χ4v) is 1.63. The van der Waals surface area contributed by atoms with Crippen molar-refractivity contribution in [3.8, 4) is 11.1 Å². The lowest BCUT2D eigenvalue weighted by Gasteiger charge is -2.07. The Balaban J connectivity index is 2.61. The minimum Gasteiger partial charge on any atom is -0.0537 e. The van der Waals surface area contributed by atoms with Crippen LogP contribution >= 0.6 is 0 Å². The Morgan fingerprint density at radius 1 is 0.786 bits per heavy atom. The minimum atomic E-state index is 1.27. The van der Waals surface area contributed by atoms with E-state index in [1.165, 1.54) is 22.3 Å². The molecule has 0 aliphatic carbocycles. The summed E-state index contributed by atoms with van der Waals surface area (Å²) < 4.78 is 0. The molecule has 2 radical (unpaired) electrons. The number of benzene rings is 2. The summed E-state index contributed by atoms with van der Waals surface area (Å²) >= 11 is 0. The Bertz CT molecular complexity index is 398. The van der Waals surface area contributed by atoms with E-state index >= 15 is 0 Å². The van der Waals surface area contributed by atoms with Crippen molar-refractivity contribution in [3.63, 3.8) is 0 Å². The first-order valence-electron chi connectivity index (χ1n) is 4.73. The second-order valence-corrected chi connectivity index (χ2v) is 3.48. The fourth-order valence-electron chi connectivity index (χ4n) is 1.63. The molecular formula is C14H12. The summed E-state index contributed by atoms with van der Waals surface area (Å²) in [6, 6.07) is 18.3. The molecule has 2 rings (SSSR count). The average Bonchev–Trinajstić information content (AvgIpc) is 2.20. The van der Waals surface area contributed by atoms with Gasteiger partial charge in [-0.05, 0) is 48.2 Å². The first kappa shape index (κ1) is 9.01. The molecule has 68 valence electrons. The molecule has 0 bridgehead atoms. The smallest absolute Gasteiger partial charge is 0.0152 e. The van der Waals surface area contributed by atoms with Gasteiger partial charge in [0, 0.05) is 0 Å². The molecule has 0 saturated heterocycles. The van der Waals surface area contributed by atoms with E-state index in [2.05, 4.69) is 38.1 Å². The van der Waals surface area contributed by atoms with Crippen molar-refractivity contribution < 1.29 is 0 Å². The van der Waals surface area contributed by atoms with Gasteiger partial charge < -0.3 is 0 Å². The second kappa shape index (κ2) is 3.67. The summed E-state index contributed by atoms with van der Waals surface area (Å²) in [6.45, 7) is 4.23. The van der Waals surface area contributed by atoms with Crippen LogP contribution < -0.4 is 0 Å². The molecule has 0 saturated carbocycles. The molecule has 0 heterocycles. The van der Waals surface area contributed by atoms with Crippen LogP contribution in [-0.2, 0) is 0 Å². The molecule has 0 amide bonds. The normalized spacial score (nSPS) is 10.1. The molecule has 2 aromatic carbocycles. The third-order valence-corrected chi connectivity index (χ3v) is 2.43. The maximum Gasteiger partial charge on any atom is -0.0152 e. The van der Waals surface area contributed by atoms with Crippen molar-refractivity contribution in [2.45, 2.75) is 13.8 Å². The summed E-state index contributed by atoms with van der Waals surface area (Å²) in [4.78, 5) is 0. The summed E-state index contributed by atoms with van der Waals surface area (Å²) in [7, 11) is 0. The van der Waals surface area contributed by atoms with Gasteiger partial charge in [0.1, 0.15) is 0 Å². The lowest BCUT2D eigenvalue weighted by molar-refractivity contribution is 1.40. The zero-order valence-corrected chi connectivity index (χ0v) is 8.46. The van der Waals surface area contributed by atoms with E-state index in [-0.39, 0.29) is 0 Å². The van der Waals surface area contributed by atoms with Gasteiger partial charge in [0.15, 0.2) is 0 Å². The van der Waals surface area contributed by atoms with E-state index in [0.29, 0.717) is 0 Å². The molecule has 0 aliphatic rings. The van der Waals surface area contributed by atoms with Crippen LogP contribution in [0.3, 0.4) is 0 Å². The highest BCUT2D eigenvalue weighted by Crippen LogP contribution is 2.25. The maximum atomic E-state index is 3.08. The number of hydrogen-bond donors (Lipinski definition) is 0. The number of rotatable bonds is 1. The van der Waals surface area contributed by atoms with Gasteiger partial charge in [-0.25, -0.2) is 0 Å². The van der Waals surface area contributed by atoms with E-state index in [4.69, 9.17) is 0 Å². The number of aryl methyl sites for hydroxylation is 2. The predicted molar refractivity (Wildman–Crippen MR) is 59.0 cm³/mol. The SMILES string of the molecule is Cc1c[c]ccc1-c1cc[c]cc1C. The molecule has 0 unspecified atom stereocenters. The first-order chi connectivity index (χ1) is 6.79.